The topological polar surface area (TPSA) is 32.8 Å². The number of ether oxygens (including phenoxy) is 1. The zero-order valence-electron chi connectivity index (χ0n) is 14.4. The third-order valence-electron chi connectivity index (χ3n) is 5.92. The van der Waals surface area contributed by atoms with Gasteiger partial charge in [-0.2, -0.15) is 0 Å². The smallest absolute Gasteiger partial charge is 0.228 e. The second-order valence-corrected chi connectivity index (χ2v) is 7.42. The molecule has 0 saturated carbocycles. The molecule has 0 radical (unpaired) electrons. The summed E-state index contributed by atoms with van der Waals surface area (Å²) in [5, 5.41) is 0. The van der Waals surface area contributed by atoms with E-state index in [1.807, 2.05) is 18.2 Å². The fraction of sp³-hybridized carbons (Fsp3) is 0.650. The van der Waals surface area contributed by atoms with Crippen LogP contribution in [0.4, 0.5) is 0 Å². The summed E-state index contributed by atoms with van der Waals surface area (Å²) in [5.74, 6) is 0.296. The quantitative estimate of drug-likeness (QED) is 0.837. The maximum Gasteiger partial charge on any atom is 0.228 e. The molecule has 3 aliphatic heterocycles. The summed E-state index contributed by atoms with van der Waals surface area (Å²) in [6.07, 6.45) is 5.73. The second-order valence-electron chi connectivity index (χ2n) is 7.42. The number of carbonyl (C=O) groups is 1. The van der Waals surface area contributed by atoms with Crippen LogP contribution in [0, 0.1) is 5.92 Å². The number of hydrogen-bond acceptors (Lipinski definition) is 3. The van der Waals surface area contributed by atoms with Gasteiger partial charge >= 0.3 is 0 Å². The summed E-state index contributed by atoms with van der Waals surface area (Å²) in [5.41, 5.74) is 1.15. The summed E-state index contributed by atoms with van der Waals surface area (Å²) >= 11 is 0. The van der Waals surface area contributed by atoms with Gasteiger partial charge in [0.1, 0.15) is 0 Å². The monoisotopic (exact) mass is 328 g/mol. The Bertz CT molecular complexity index is 562. The van der Waals surface area contributed by atoms with Gasteiger partial charge in [0.25, 0.3) is 0 Å². The van der Waals surface area contributed by atoms with Crippen molar-refractivity contribution < 1.29 is 9.53 Å². The predicted molar refractivity (Wildman–Crippen MR) is 93.7 cm³/mol. The maximum atomic E-state index is 13.2. The number of amides is 1. The Hall–Kier alpha value is -1.39. The van der Waals surface area contributed by atoms with E-state index in [0.29, 0.717) is 11.9 Å². The number of fused-ring (bicyclic) bond motifs is 1. The first-order valence-electron chi connectivity index (χ1n) is 9.52. The van der Waals surface area contributed by atoms with Gasteiger partial charge in [-0.15, -0.1) is 0 Å². The fourth-order valence-corrected chi connectivity index (χ4v) is 4.60. The molecule has 0 spiro atoms. The number of carbonyl (C=O) groups excluding carboxylic acids is 1. The van der Waals surface area contributed by atoms with Crippen LogP contribution < -0.4 is 0 Å². The first kappa shape index (κ1) is 16.1. The van der Waals surface area contributed by atoms with Crippen LogP contribution in [0.25, 0.3) is 0 Å². The van der Waals surface area contributed by atoms with E-state index >= 15 is 0 Å². The predicted octanol–water partition coefficient (Wildman–Crippen LogP) is 2.85. The molecule has 0 N–H and O–H groups in total. The Balaban J connectivity index is 1.47. The van der Waals surface area contributed by atoms with E-state index in [1.54, 1.807) is 0 Å². The number of piperidine rings is 1. The van der Waals surface area contributed by atoms with Crippen molar-refractivity contribution in [1.82, 2.24) is 9.80 Å². The normalized spacial score (nSPS) is 31.5. The number of rotatable bonds is 2. The van der Waals surface area contributed by atoms with E-state index in [4.69, 9.17) is 4.74 Å². The van der Waals surface area contributed by atoms with E-state index in [9.17, 15) is 4.79 Å². The van der Waals surface area contributed by atoms with E-state index in [0.717, 1.165) is 44.6 Å². The number of nitrogens with zero attached hydrogens (tertiary/aromatic N) is 2. The SMILES string of the molecule is O=C([C@@H]1CCCO[C@H]1c1ccccc1)N1CCN2CCCC[C@H]2C1. The third-order valence-corrected chi connectivity index (χ3v) is 5.92. The average Bonchev–Trinajstić information content (AvgIpc) is 2.68. The molecule has 0 aromatic heterocycles. The Morgan fingerprint density at radius 2 is 1.88 bits per heavy atom. The van der Waals surface area contributed by atoms with Crippen LogP contribution in [0.5, 0.6) is 0 Å². The summed E-state index contributed by atoms with van der Waals surface area (Å²) in [7, 11) is 0. The summed E-state index contributed by atoms with van der Waals surface area (Å²) in [6.45, 7) is 4.82. The molecular weight excluding hydrogens is 300 g/mol. The van der Waals surface area contributed by atoms with Crippen molar-refractivity contribution in [2.75, 3.05) is 32.8 Å². The largest absolute Gasteiger partial charge is 0.373 e. The summed E-state index contributed by atoms with van der Waals surface area (Å²) < 4.78 is 6.04. The highest BCUT2D eigenvalue weighted by Gasteiger charge is 2.38. The molecule has 1 amide bonds. The van der Waals surface area contributed by atoms with Crippen molar-refractivity contribution in [3.05, 3.63) is 35.9 Å². The van der Waals surface area contributed by atoms with Gasteiger partial charge in [-0.1, -0.05) is 36.8 Å². The lowest BCUT2D eigenvalue weighted by Crippen LogP contribution is -2.57. The molecular formula is C20H28N2O2. The van der Waals surface area contributed by atoms with Gasteiger partial charge in [-0.25, -0.2) is 0 Å². The minimum atomic E-state index is -0.0724. The highest BCUT2D eigenvalue weighted by molar-refractivity contribution is 5.80. The van der Waals surface area contributed by atoms with Crippen molar-refractivity contribution in [3.8, 4) is 0 Å². The second kappa shape index (κ2) is 7.24. The van der Waals surface area contributed by atoms with Crippen LogP contribution in [0.3, 0.4) is 0 Å². The lowest BCUT2D eigenvalue weighted by atomic mass is 9.87. The Morgan fingerprint density at radius 1 is 1.00 bits per heavy atom. The minimum Gasteiger partial charge on any atom is -0.373 e. The zero-order chi connectivity index (χ0) is 16.4. The van der Waals surface area contributed by atoms with Crippen molar-refractivity contribution >= 4 is 5.91 Å². The van der Waals surface area contributed by atoms with Gasteiger partial charge in [0.15, 0.2) is 0 Å². The Morgan fingerprint density at radius 3 is 2.75 bits per heavy atom. The standard InChI is InChI=1S/C20H28N2O2/c23-20(22-13-12-21-11-5-4-9-17(21)15-22)18-10-6-14-24-19(18)16-7-2-1-3-8-16/h1-3,7-8,17-19H,4-6,9-15H2/t17-,18+,19-/m0/s1. The van der Waals surface area contributed by atoms with Crippen molar-refractivity contribution in [2.24, 2.45) is 5.92 Å². The first-order chi connectivity index (χ1) is 11.8. The maximum absolute atomic E-state index is 13.2. The van der Waals surface area contributed by atoms with Crippen LogP contribution in [0.15, 0.2) is 30.3 Å². The molecule has 3 atom stereocenters. The summed E-state index contributed by atoms with van der Waals surface area (Å²) in [6, 6.07) is 10.9. The molecule has 1 aromatic carbocycles. The molecule has 130 valence electrons. The van der Waals surface area contributed by atoms with Crippen molar-refractivity contribution in [3.63, 3.8) is 0 Å². The van der Waals surface area contributed by atoms with Crippen molar-refractivity contribution in [1.29, 1.82) is 0 Å². The molecule has 4 rings (SSSR count). The van der Waals surface area contributed by atoms with Gasteiger partial charge in [0.2, 0.25) is 5.91 Å². The third kappa shape index (κ3) is 3.22. The van der Waals surface area contributed by atoms with Gasteiger partial charge in [0.05, 0.1) is 12.0 Å². The lowest BCUT2D eigenvalue weighted by Gasteiger charge is -2.45. The number of benzene rings is 1. The van der Waals surface area contributed by atoms with Crippen LogP contribution >= 0.6 is 0 Å². The summed E-state index contributed by atoms with van der Waals surface area (Å²) in [4.78, 5) is 17.9. The van der Waals surface area contributed by atoms with E-state index in [-0.39, 0.29) is 12.0 Å². The molecule has 0 bridgehead atoms. The molecule has 3 heterocycles. The van der Waals surface area contributed by atoms with E-state index in [2.05, 4.69) is 21.9 Å². The highest BCUT2D eigenvalue weighted by Crippen LogP contribution is 2.35. The highest BCUT2D eigenvalue weighted by atomic mass is 16.5. The van der Waals surface area contributed by atoms with Gasteiger partial charge < -0.3 is 9.64 Å². The van der Waals surface area contributed by atoms with Crippen LogP contribution in [-0.2, 0) is 9.53 Å². The van der Waals surface area contributed by atoms with Crippen LogP contribution in [-0.4, -0.2) is 54.5 Å². The van der Waals surface area contributed by atoms with E-state index < -0.39 is 0 Å². The fourth-order valence-electron chi connectivity index (χ4n) is 4.60. The Kier molecular flexibility index (Phi) is 4.86. The van der Waals surface area contributed by atoms with Gasteiger partial charge in [0, 0.05) is 32.3 Å². The molecule has 3 aliphatic rings. The molecule has 0 aliphatic carbocycles. The van der Waals surface area contributed by atoms with Gasteiger partial charge in [-0.05, 0) is 37.8 Å². The van der Waals surface area contributed by atoms with E-state index in [1.165, 1.54) is 25.8 Å². The minimum absolute atomic E-state index is 0.0173. The Labute approximate surface area is 144 Å². The molecule has 3 saturated heterocycles. The first-order valence-corrected chi connectivity index (χ1v) is 9.52. The van der Waals surface area contributed by atoms with Crippen LogP contribution in [0.1, 0.15) is 43.8 Å². The van der Waals surface area contributed by atoms with Crippen molar-refractivity contribution in [2.45, 2.75) is 44.2 Å². The molecule has 4 heteroatoms. The molecule has 24 heavy (non-hydrogen) atoms. The molecule has 1 aromatic rings. The zero-order valence-corrected chi connectivity index (χ0v) is 14.4. The molecule has 4 nitrogen and oxygen atoms in total. The average molecular weight is 328 g/mol. The number of piperazine rings is 1. The number of hydrogen-bond donors (Lipinski definition) is 0. The molecule has 0 unspecified atom stereocenters. The van der Waals surface area contributed by atoms with Crippen LogP contribution in [0.2, 0.25) is 0 Å². The molecule has 3 fully saturated rings. The van der Waals surface area contributed by atoms with Gasteiger partial charge in [-0.3, -0.25) is 9.69 Å². The lowest BCUT2D eigenvalue weighted by molar-refractivity contribution is -0.149.